The van der Waals surface area contributed by atoms with Crippen molar-refractivity contribution in [3.05, 3.63) is 0 Å². The van der Waals surface area contributed by atoms with Gasteiger partial charge >= 0.3 is 0 Å². The summed E-state index contributed by atoms with van der Waals surface area (Å²) >= 11 is 0. The standard InChI is InChI=1S/C16H31N3O3/c1-4-10-22-13-6-5-8-19(9-7-13)14(20)11-18-16(21)15(17)12(2)3/h12-13,15H,4-11,17H2,1-3H3,(H,18,21)/t13?,15-/m0/s1. The highest BCUT2D eigenvalue weighted by molar-refractivity contribution is 5.87. The highest BCUT2D eigenvalue weighted by atomic mass is 16.5. The van der Waals surface area contributed by atoms with Crippen molar-refractivity contribution in [2.24, 2.45) is 11.7 Å². The average molecular weight is 313 g/mol. The van der Waals surface area contributed by atoms with Crippen LogP contribution in [0.5, 0.6) is 0 Å². The monoisotopic (exact) mass is 313 g/mol. The summed E-state index contributed by atoms with van der Waals surface area (Å²) in [5, 5.41) is 2.64. The third-order valence-corrected chi connectivity index (χ3v) is 4.02. The zero-order valence-corrected chi connectivity index (χ0v) is 14.1. The summed E-state index contributed by atoms with van der Waals surface area (Å²) in [6.07, 6.45) is 4.07. The average Bonchev–Trinajstić information content (AvgIpc) is 2.74. The van der Waals surface area contributed by atoms with Crippen LogP contribution in [0.15, 0.2) is 0 Å². The summed E-state index contributed by atoms with van der Waals surface area (Å²) in [4.78, 5) is 25.8. The lowest BCUT2D eigenvalue weighted by Gasteiger charge is -2.22. The van der Waals surface area contributed by atoms with E-state index in [-0.39, 0.29) is 30.4 Å². The fourth-order valence-corrected chi connectivity index (χ4v) is 2.46. The van der Waals surface area contributed by atoms with Crippen LogP contribution in [0.2, 0.25) is 0 Å². The van der Waals surface area contributed by atoms with Gasteiger partial charge in [-0.15, -0.1) is 0 Å². The van der Waals surface area contributed by atoms with Crippen LogP contribution in [0.1, 0.15) is 46.5 Å². The summed E-state index contributed by atoms with van der Waals surface area (Å²) in [7, 11) is 0. The van der Waals surface area contributed by atoms with Gasteiger partial charge in [0.25, 0.3) is 0 Å². The van der Waals surface area contributed by atoms with Crippen LogP contribution in [0.3, 0.4) is 0 Å². The molecule has 0 aromatic heterocycles. The molecule has 22 heavy (non-hydrogen) atoms. The molecule has 0 bridgehead atoms. The number of amides is 2. The van der Waals surface area contributed by atoms with Crippen LogP contribution in [-0.2, 0) is 14.3 Å². The van der Waals surface area contributed by atoms with Crippen molar-refractivity contribution in [3.8, 4) is 0 Å². The number of rotatable bonds is 7. The van der Waals surface area contributed by atoms with Crippen LogP contribution in [-0.4, -0.2) is 55.1 Å². The molecular formula is C16H31N3O3. The molecule has 0 spiro atoms. The Morgan fingerprint density at radius 1 is 1.32 bits per heavy atom. The van der Waals surface area contributed by atoms with Gasteiger partial charge in [0.1, 0.15) is 0 Å². The maximum Gasteiger partial charge on any atom is 0.241 e. The molecule has 6 nitrogen and oxygen atoms in total. The Morgan fingerprint density at radius 2 is 2.05 bits per heavy atom. The Bertz CT molecular complexity index is 361. The third-order valence-electron chi connectivity index (χ3n) is 4.02. The molecule has 1 rings (SSSR count). The molecule has 0 saturated carbocycles. The van der Waals surface area contributed by atoms with Gasteiger partial charge < -0.3 is 20.7 Å². The second-order valence-electron chi connectivity index (χ2n) is 6.29. The third kappa shape index (κ3) is 6.32. The molecule has 1 heterocycles. The summed E-state index contributed by atoms with van der Waals surface area (Å²) in [5.74, 6) is -0.243. The van der Waals surface area contributed by atoms with Crippen LogP contribution < -0.4 is 11.1 Å². The minimum Gasteiger partial charge on any atom is -0.378 e. The zero-order chi connectivity index (χ0) is 16.5. The zero-order valence-electron chi connectivity index (χ0n) is 14.1. The van der Waals surface area contributed by atoms with E-state index < -0.39 is 6.04 Å². The molecule has 2 atom stereocenters. The molecular weight excluding hydrogens is 282 g/mol. The van der Waals surface area contributed by atoms with Crippen LogP contribution >= 0.6 is 0 Å². The number of hydrogen-bond donors (Lipinski definition) is 2. The molecule has 2 amide bonds. The topological polar surface area (TPSA) is 84.7 Å². The van der Waals surface area contributed by atoms with Gasteiger partial charge in [0.2, 0.25) is 11.8 Å². The summed E-state index contributed by atoms with van der Waals surface area (Å²) < 4.78 is 5.77. The highest BCUT2D eigenvalue weighted by Crippen LogP contribution is 2.14. The van der Waals surface area contributed by atoms with Crippen molar-refractivity contribution >= 4 is 11.8 Å². The molecule has 0 aromatic carbocycles. The first-order chi connectivity index (χ1) is 10.5. The summed E-state index contributed by atoms with van der Waals surface area (Å²) in [6.45, 7) is 8.10. The lowest BCUT2D eigenvalue weighted by Crippen LogP contribution is -2.48. The number of carbonyl (C=O) groups excluding carboxylic acids is 2. The van der Waals surface area contributed by atoms with Gasteiger partial charge in [0.15, 0.2) is 0 Å². The first-order valence-electron chi connectivity index (χ1n) is 8.38. The van der Waals surface area contributed by atoms with E-state index in [1.54, 1.807) is 0 Å². The number of carbonyl (C=O) groups is 2. The number of nitrogens with zero attached hydrogens (tertiary/aromatic N) is 1. The molecule has 1 fully saturated rings. The fraction of sp³-hybridized carbons (Fsp3) is 0.875. The Hall–Kier alpha value is -1.14. The van der Waals surface area contributed by atoms with E-state index in [1.807, 2.05) is 18.7 Å². The van der Waals surface area contributed by atoms with Crippen molar-refractivity contribution in [3.63, 3.8) is 0 Å². The van der Waals surface area contributed by atoms with E-state index in [4.69, 9.17) is 10.5 Å². The van der Waals surface area contributed by atoms with Gasteiger partial charge in [-0.1, -0.05) is 20.8 Å². The van der Waals surface area contributed by atoms with Crippen molar-refractivity contribution in [1.82, 2.24) is 10.2 Å². The lowest BCUT2D eigenvalue weighted by atomic mass is 10.1. The van der Waals surface area contributed by atoms with Gasteiger partial charge in [0.05, 0.1) is 18.7 Å². The number of ether oxygens (including phenoxy) is 1. The Kier molecular flexibility index (Phi) is 8.42. The molecule has 0 aliphatic carbocycles. The van der Waals surface area contributed by atoms with Gasteiger partial charge in [0, 0.05) is 19.7 Å². The van der Waals surface area contributed by atoms with Crippen molar-refractivity contribution in [2.45, 2.75) is 58.6 Å². The van der Waals surface area contributed by atoms with Gasteiger partial charge in [-0.3, -0.25) is 9.59 Å². The largest absolute Gasteiger partial charge is 0.378 e. The number of likely N-dealkylation sites (tertiary alicyclic amines) is 1. The van der Waals surface area contributed by atoms with Crippen molar-refractivity contribution in [2.75, 3.05) is 26.2 Å². The Labute approximate surface area is 133 Å². The molecule has 1 aliphatic rings. The predicted molar refractivity (Wildman–Crippen MR) is 86.3 cm³/mol. The summed E-state index contributed by atoms with van der Waals surface area (Å²) in [6, 6.07) is -0.566. The smallest absolute Gasteiger partial charge is 0.241 e. The SMILES string of the molecule is CCCOC1CCCN(C(=O)CNC(=O)[C@@H](N)C(C)C)CC1. The molecule has 0 aromatic rings. The van der Waals surface area contributed by atoms with E-state index in [9.17, 15) is 9.59 Å². The van der Waals surface area contributed by atoms with E-state index in [0.29, 0.717) is 6.54 Å². The van der Waals surface area contributed by atoms with E-state index in [1.165, 1.54) is 0 Å². The number of hydrogen-bond acceptors (Lipinski definition) is 4. The van der Waals surface area contributed by atoms with E-state index >= 15 is 0 Å². The number of nitrogens with two attached hydrogens (primary N) is 1. The van der Waals surface area contributed by atoms with E-state index in [2.05, 4.69) is 12.2 Å². The van der Waals surface area contributed by atoms with Crippen molar-refractivity contribution in [1.29, 1.82) is 0 Å². The quantitative estimate of drug-likeness (QED) is 0.731. The molecule has 0 radical (unpaired) electrons. The molecule has 6 heteroatoms. The predicted octanol–water partition coefficient (Wildman–Crippen LogP) is 0.894. The first-order valence-corrected chi connectivity index (χ1v) is 8.38. The highest BCUT2D eigenvalue weighted by Gasteiger charge is 2.22. The molecule has 1 aliphatic heterocycles. The van der Waals surface area contributed by atoms with Crippen LogP contribution in [0, 0.1) is 5.92 Å². The van der Waals surface area contributed by atoms with Gasteiger partial charge in [-0.25, -0.2) is 0 Å². The van der Waals surface area contributed by atoms with Gasteiger partial charge in [-0.05, 0) is 31.6 Å². The minimum atomic E-state index is -0.566. The Morgan fingerprint density at radius 3 is 2.68 bits per heavy atom. The number of nitrogens with one attached hydrogen (secondary N) is 1. The minimum absolute atomic E-state index is 0.0275. The maximum atomic E-state index is 12.2. The molecule has 128 valence electrons. The van der Waals surface area contributed by atoms with E-state index in [0.717, 1.165) is 38.8 Å². The normalized spacial score (nSPS) is 20.6. The second-order valence-corrected chi connectivity index (χ2v) is 6.29. The van der Waals surface area contributed by atoms with Gasteiger partial charge in [-0.2, -0.15) is 0 Å². The van der Waals surface area contributed by atoms with Crippen molar-refractivity contribution < 1.29 is 14.3 Å². The molecule has 1 saturated heterocycles. The summed E-state index contributed by atoms with van der Waals surface area (Å²) in [5.41, 5.74) is 5.76. The molecule has 3 N–H and O–H groups in total. The maximum absolute atomic E-state index is 12.2. The lowest BCUT2D eigenvalue weighted by molar-refractivity contribution is -0.133. The first kappa shape index (κ1) is 18.9. The molecule has 1 unspecified atom stereocenters. The van der Waals surface area contributed by atoms with Crippen LogP contribution in [0.4, 0.5) is 0 Å². The Balaban J connectivity index is 2.35. The second kappa shape index (κ2) is 9.79. The fourth-order valence-electron chi connectivity index (χ4n) is 2.46. The van der Waals surface area contributed by atoms with Crippen LogP contribution in [0.25, 0.3) is 0 Å².